The second-order valence-electron chi connectivity index (χ2n) is 5.84. The first-order valence-corrected chi connectivity index (χ1v) is 8.06. The van der Waals surface area contributed by atoms with Crippen molar-refractivity contribution < 1.29 is 14.3 Å². The minimum atomic E-state index is -0.320. The van der Waals surface area contributed by atoms with Gasteiger partial charge < -0.3 is 14.0 Å². The molecular weight excluding hydrogens is 292 g/mol. The largest absolute Gasteiger partial charge is 0.461 e. The van der Waals surface area contributed by atoms with Crippen LogP contribution in [0.3, 0.4) is 0 Å². The number of benzene rings is 1. The lowest BCUT2D eigenvalue weighted by Gasteiger charge is -2.27. The molecule has 2 heterocycles. The summed E-state index contributed by atoms with van der Waals surface area (Å²) in [6.45, 7) is 5.78. The van der Waals surface area contributed by atoms with Gasteiger partial charge >= 0.3 is 5.97 Å². The molecular formula is C18H22N2O3. The number of rotatable bonds is 6. The first-order chi connectivity index (χ1) is 11.2. The molecule has 122 valence electrons. The highest BCUT2D eigenvalue weighted by Crippen LogP contribution is 2.25. The summed E-state index contributed by atoms with van der Waals surface area (Å²) in [6, 6.07) is 10.2. The summed E-state index contributed by atoms with van der Waals surface area (Å²) in [6.07, 6.45) is 2.45. The molecule has 1 saturated heterocycles. The average molecular weight is 314 g/mol. The van der Waals surface area contributed by atoms with Gasteiger partial charge in [0.25, 0.3) is 0 Å². The van der Waals surface area contributed by atoms with Gasteiger partial charge in [-0.2, -0.15) is 0 Å². The molecule has 0 amide bonds. The maximum atomic E-state index is 12.3. The fraction of sp³-hybridized carbons (Fsp3) is 0.444. The lowest BCUT2D eigenvalue weighted by molar-refractivity contribution is -0.0324. The molecule has 0 spiro atoms. The van der Waals surface area contributed by atoms with Gasteiger partial charge in [-0.05, 0) is 19.4 Å². The normalized spacial score (nSPS) is 15.9. The Kier molecular flexibility index (Phi) is 4.76. The molecule has 0 radical (unpaired) electrons. The molecule has 5 heteroatoms. The van der Waals surface area contributed by atoms with Crippen LogP contribution in [0.25, 0.3) is 0 Å². The number of imidazole rings is 1. The summed E-state index contributed by atoms with van der Waals surface area (Å²) in [4.78, 5) is 16.8. The fourth-order valence-corrected chi connectivity index (χ4v) is 2.88. The average Bonchev–Trinajstić information content (AvgIpc) is 2.95. The van der Waals surface area contributed by atoms with Crippen molar-refractivity contribution in [1.82, 2.24) is 9.55 Å². The zero-order valence-electron chi connectivity index (χ0n) is 13.6. The molecule has 5 nitrogen and oxygen atoms in total. The summed E-state index contributed by atoms with van der Waals surface area (Å²) in [7, 11) is 0. The van der Waals surface area contributed by atoms with Crippen molar-refractivity contribution in [3.8, 4) is 0 Å². The smallest absolute Gasteiger partial charge is 0.356 e. The molecule has 1 atom stereocenters. The van der Waals surface area contributed by atoms with E-state index in [0.29, 0.717) is 18.2 Å². The van der Waals surface area contributed by atoms with Gasteiger partial charge in [0, 0.05) is 12.3 Å². The van der Waals surface area contributed by atoms with E-state index in [2.05, 4.69) is 24.0 Å². The molecule has 1 aliphatic rings. The molecule has 3 rings (SSSR count). The van der Waals surface area contributed by atoms with Crippen LogP contribution in [-0.2, 0) is 15.9 Å². The minimum Gasteiger partial charge on any atom is -0.461 e. The van der Waals surface area contributed by atoms with Gasteiger partial charge in [-0.3, -0.25) is 0 Å². The fourth-order valence-electron chi connectivity index (χ4n) is 2.88. The summed E-state index contributed by atoms with van der Waals surface area (Å²) in [5, 5.41) is 0. The monoisotopic (exact) mass is 314 g/mol. The van der Waals surface area contributed by atoms with Gasteiger partial charge in [0.05, 0.1) is 32.1 Å². The number of aromatic nitrogens is 2. The molecule has 0 bridgehead atoms. The number of nitrogens with zero attached hydrogens (tertiary/aromatic N) is 2. The van der Waals surface area contributed by atoms with E-state index < -0.39 is 0 Å². The topological polar surface area (TPSA) is 53.4 Å². The Labute approximate surface area is 136 Å². The zero-order valence-corrected chi connectivity index (χ0v) is 13.6. The van der Waals surface area contributed by atoms with Gasteiger partial charge in [-0.1, -0.05) is 30.3 Å². The van der Waals surface area contributed by atoms with Crippen molar-refractivity contribution in [2.24, 2.45) is 5.92 Å². The van der Waals surface area contributed by atoms with Crippen LogP contribution in [0.15, 0.2) is 36.5 Å². The summed E-state index contributed by atoms with van der Waals surface area (Å²) in [5.74, 6) is 1.07. The van der Waals surface area contributed by atoms with Crippen LogP contribution < -0.4 is 0 Å². The van der Waals surface area contributed by atoms with E-state index >= 15 is 0 Å². The third kappa shape index (κ3) is 3.29. The van der Waals surface area contributed by atoms with Crippen molar-refractivity contribution in [1.29, 1.82) is 0 Å². The molecule has 2 aromatic rings. The SMILES string of the molecule is CCOC(=O)c1cnc(CC2COC2)n1[C@H](C)c1ccccc1. The molecule has 0 N–H and O–H groups in total. The van der Waals surface area contributed by atoms with Crippen molar-refractivity contribution in [3.05, 3.63) is 53.6 Å². The van der Waals surface area contributed by atoms with Crippen molar-refractivity contribution in [2.45, 2.75) is 26.3 Å². The van der Waals surface area contributed by atoms with Crippen molar-refractivity contribution in [3.63, 3.8) is 0 Å². The van der Waals surface area contributed by atoms with E-state index in [9.17, 15) is 4.79 Å². The van der Waals surface area contributed by atoms with Crippen molar-refractivity contribution >= 4 is 5.97 Å². The lowest BCUT2D eigenvalue weighted by Crippen LogP contribution is -2.31. The number of hydrogen-bond donors (Lipinski definition) is 0. The third-order valence-electron chi connectivity index (χ3n) is 4.21. The summed E-state index contributed by atoms with van der Waals surface area (Å²) < 4.78 is 12.5. The van der Waals surface area contributed by atoms with Crippen molar-refractivity contribution in [2.75, 3.05) is 19.8 Å². The minimum absolute atomic E-state index is 0.0223. The number of carbonyl (C=O) groups excluding carboxylic acids is 1. The molecule has 1 fully saturated rings. The molecule has 0 aliphatic carbocycles. The zero-order chi connectivity index (χ0) is 16.2. The highest BCUT2D eigenvalue weighted by molar-refractivity contribution is 5.87. The van der Waals surface area contributed by atoms with Crippen LogP contribution >= 0.6 is 0 Å². The van der Waals surface area contributed by atoms with Crippen LogP contribution in [0.2, 0.25) is 0 Å². The summed E-state index contributed by atoms with van der Waals surface area (Å²) >= 11 is 0. The van der Waals surface area contributed by atoms with E-state index in [-0.39, 0.29) is 12.0 Å². The Morgan fingerprint density at radius 3 is 2.74 bits per heavy atom. The van der Waals surface area contributed by atoms with E-state index in [1.807, 2.05) is 29.7 Å². The Bertz CT molecular complexity index is 662. The first kappa shape index (κ1) is 15.7. The van der Waals surface area contributed by atoms with Crippen LogP contribution in [-0.4, -0.2) is 35.3 Å². The maximum absolute atomic E-state index is 12.3. The molecule has 0 saturated carbocycles. The van der Waals surface area contributed by atoms with Gasteiger partial charge in [-0.25, -0.2) is 9.78 Å². The predicted octanol–water partition coefficient (Wildman–Crippen LogP) is 2.86. The first-order valence-electron chi connectivity index (χ1n) is 8.06. The van der Waals surface area contributed by atoms with Crippen LogP contribution in [0.5, 0.6) is 0 Å². The second kappa shape index (κ2) is 6.96. The number of hydrogen-bond acceptors (Lipinski definition) is 4. The number of carbonyl (C=O) groups is 1. The highest BCUT2D eigenvalue weighted by Gasteiger charge is 2.26. The van der Waals surface area contributed by atoms with E-state index in [1.165, 1.54) is 0 Å². The van der Waals surface area contributed by atoms with E-state index in [1.54, 1.807) is 6.20 Å². The summed E-state index contributed by atoms with van der Waals surface area (Å²) in [5.41, 5.74) is 1.65. The van der Waals surface area contributed by atoms with Gasteiger partial charge in [0.1, 0.15) is 11.5 Å². The Morgan fingerprint density at radius 2 is 2.13 bits per heavy atom. The molecule has 1 aliphatic heterocycles. The molecule has 1 aromatic heterocycles. The maximum Gasteiger partial charge on any atom is 0.356 e. The number of ether oxygens (including phenoxy) is 2. The molecule has 23 heavy (non-hydrogen) atoms. The van der Waals surface area contributed by atoms with Crippen LogP contribution in [0, 0.1) is 5.92 Å². The van der Waals surface area contributed by atoms with Crippen LogP contribution in [0.4, 0.5) is 0 Å². The Morgan fingerprint density at radius 1 is 1.39 bits per heavy atom. The lowest BCUT2D eigenvalue weighted by atomic mass is 10.0. The Hall–Kier alpha value is -2.14. The standard InChI is InChI=1S/C18H22N2O3/c1-3-23-18(21)16-10-19-17(9-14-11-22-12-14)20(16)13(2)15-7-5-4-6-8-15/h4-8,10,13-14H,3,9,11-12H2,1-2H3/t13-/m1/s1. The quantitative estimate of drug-likeness (QED) is 0.769. The molecule has 0 unspecified atom stereocenters. The third-order valence-corrected chi connectivity index (χ3v) is 4.21. The van der Waals surface area contributed by atoms with Gasteiger partial charge in [0.2, 0.25) is 0 Å². The second-order valence-corrected chi connectivity index (χ2v) is 5.84. The highest BCUT2D eigenvalue weighted by atomic mass is 16.5. The van der Waals surface area contributed by atoms with E-state index in [0.717, 1.165) is 31.0 Å². The van der Waals surface area contributed by atoms with Gasteiger partial charge in [-0.15, -0.1) is 0 Å². The van der Waals surface area contributed by atoms with Gasteiger partial charge in [0.15, 0.2) is 0 Å². The van der Waals surface area contributed by atoms with Crippen LogP contribution in [0.1, 0.15) is 41.8 Å². The van der Waals surface area contributed by atoms with E-state index in [4.69, 9.17) is 9.47 Å². The predicted molar refractivity (Wildman–Crippen MR) is 86.5 cm³/mol. The number of esters is 1. The molecule has 1 aromatic carbocycles. The Balaban J connectivity index is 1.95.